The number of rotatable bonds is 1. The molecule has 1 heterocycles. The number of alkyl halides is 3. The number of benzene rings is 1. The number of thioether (sulfide) groups is 1. The standard InChI is InChI=1S/C10H10F3NS/c1-2-14-6-15-9-5-7(10(11,12)13)3-4-8(9)14/h3-5H,2,6H2,1H3. The largest absolute Gasteiger partial charge is 0.416 e. The predicted octanol–water partition coefficient (Wildman–Crippen LogP) is 3.59. The van der Waals surface area contributed by atoms with Crippen molar-refractivity contribution in [3.63, 3.8) is 0 Å². The molecule has 82 valence electrons. The van der Waals surface area contributed by atoms with Crippen LogP contribution in [-0.4, -0.2) is 12.4 Å². The molecule has 0 bridgehead atoms. The van der Waals surface area contributed by atoms with Gasteiger partial charge in [-0.05, 0) is 25.1 Å². The summed E-state index contributed by atoms with van der Waals surface area (Å²) in [5.41, 5.74) is 0.349. The summed E-state index contributed by atoms with van der Waals surface area (Å²) in [5.74, 6) is 0.743. The molecule has 0 radical (unpaired) electrons. The SMILES string of the molecule is CCN1CSc2cc(C(F)(F)F)ccc21. The van der Waals surface area contributed by atoms with Crippen molar-refractivity contribution >= 4 is 17.4 Å². The van der Waals surface area contributed by atoms with E-state index in [-0.39, 0.29) is 0 Å². The fourth-order valence-corrected chi connectivity index (χ4v) is 2.72. The van der Waals surface area contributed by atoms with Gasteiger partial charge in [0.05, 0.1) is 17.1 Å². The summed E-state index contributed by atoms with van der Waals surface area (Å²) in [7, 11) is 0. The average molecular weight is 233 g/mol. The summed E-state index contributed by atoms with van der Waals surface area (Å²) >= 11 is 1.46. The molecule has 0 spiro atoms. The van der Waals surface area contributed by atoms with E-state index < -0.39 is 11.7 Å². The highest BCUT2D eigenvalue weighted by Crippen LogP contribution is 2.41. The van der Waals surface area contributed by atoms with Crippen molar-refractivity contribution < 1.29 is 13.2 Å². The number of anilines is 1. The van der Waals surface area contributed by atoms with E-state index >= 15 is 0 Å². The van der Waals surface area contributed by atoms with Crippen LogP contribution < -0.4 is 4.90 Å². The van der Waals surface area contributed by atoms with Crippen molar-refractivity contribution in [3.8, 4) is 0 Å². The van der Waals surface area contributed by atoms with E-state index in [9.17, 15) is 13.2 Å². The minimum Gasteiger partial charge on any atom is -0.361 e. The highest BCUT2D eigenvalue weighted by Gasteiger charge is 2.32. The first kappa shape index (κ1) is 10.7. The van der Waals surface area contributed by atoms with E-state index in [2.05, 4.69) is 4.90 Å². The first-order valence-corrected chi connectivity index (χ1v) is 5.60. The van der Waals surface area contributed by atoms with Gasteiger partial charge < -0.3 is 4.90 Å². The van der Waals surface area contributed by atoms with Crippen LogP contribution in [0.25, 0.3) is 0 Å². The van der Waals surface area contributed by atoms with Crippen LogP contribution in [0.3, 0.4) is 0 Å². The van der Waals surface area contributed by atoms with Crippen LogP contribution in [0.2, 0.25) is 0 Å². The third-order valence-corrected chi connectivity index (χ3v) is 3.46. The minimum atomic E-state index is -4.24. The normalized spacial score (nSPS) is 15.6. The van der Waals surface area contributed by atoms with Crippen molar-refractivity contribution in [1.82, 2.24) is 0 Å². The average Bonchev–Trinajstić information content (AvgIpc) is 2.58. The quantitative estimate of drug-likeness (QED) is 0.729. The van der Waals surface area contributed by atoms with Gasteiger partial charge in [0.2, 0.25) is 0 Å². The molecule has 0 saturated carbocycles. The Morgan fingerprint density at radius 2 is 2.13 bits per heavy atom. The summed E-state index contributed by atoms with van der Waals surface area (Å²) in [4.78, 5) is 2.78. The highest BCUT2D eigenvalue weighted by molar-refractivity contribution is 7.99. The Bertz CT molecular complexity index is 375. The van der Waals surface area contributed by atoms with Gasteiger partial charge >= 0.3 is 6.18 Å². The van der Waals surface area contributed by atoms with E-state index in [1.54, 1.807) is 6.07 Å². The van der Waals surface area contributed by atoms with Crippen LogP contribution >= 0.6 is 11.8 Å². The molecule has 5 heteroatoms. The van der Waals surface area contributed by atoms with E-state index in [1.807, 2.05) is 6.92 Å². The molecule has 0 aliphatic carbocycles. The van der Waals surface area contributed by atoms with Crippen molar-refractivity contribution in [2.75, 3.05) is 17.3 Å². The first-order chi connectivity index (χ1) is 7.02. The number of fused-ring (bicyclic) bond motifs is 1. The fraction of sp³-hybridized carbons (Fsp3) is 0.400. The van der Waals surface area contributed by atoms with Gasteiger partial charge in [-0.2, -0.15) is 13.2 Å². The third kappa shape index (κ3) is 1.93. The van der Waals surface area contributed by atoms with Gasteiger partial charge in [-0.25, -0.2) is 0 Å². The number of hydrogen-bond donors (Lipinski definition) is 0. The van der Waals surface area contributed by atoms with E-state index in [1.165, 1.54) is 17.8 Å². The maximum absolute atomic E-state index is 12.4. The van der Waals surface area contributed by atoms with Crippen LogP contribution in [-0.2, 0) is 6.18 Å². The molecule has 0 saturated heterocycles. The maximum atomic E-state index is 12.4. The number of nitrogens with zero attached hydrogens (tertiary/aromatic N) is 1. The molecule has 0 aromatic heterocycles. The minimum absolute atomic E-state index is 0.563. The lowest BCUT2D eigenvalue weighted by Crippen LogP contribution is -2.17. The number of hydrogen-bond acceptors (Lipinski definition) is 2. The Morgan fingerprint density at radius 3 is 2.73 bits per heavy atom. The Balaban J connectivity index is 2.37. The van der Waals surface area contributed by atoms with Gasteiger partial charge in [0, 0.05) is 11.4 Å². The van der Waals surface area contributed by atoms with Gasteiger partial charge in [-0.15, -0.1) is 11.8 Å². The van der Waals surface area contributed by atoms with E-state index in [0.29, 0.717) is 0 Å². The zero-order valence-electron chi connectivity index (χ0n) is 8.14. The second-order valence-electron chi connectivity index (χ2n) is 3.31. The molecule has 1 nitrogen and oxygen atoms in total. The van der Waals surface area contributed by atoms with Crippen LogP contribution in [0.1, 0.15) is 12.5 Å². The van der Waals surface area contributed by atoms with Crippen LogP contribution in [0.5, 0.6) is 0 Å². The molecule has 2 rings (SSSR count). The molecule has 0 fully saturated rings. The number of halogens is 3. The van der Waals surface area contributed by atoms with Gasteiger partial charge in [-0.3, -0.25) is 0 Å². The van der Waals surface area contributed by atoms with E-state index in [0.717, 1.165) is 29.1 Å². The zero-order valence-corrected chi connectivity index (χ0v) is 8.95. The Morgan fingerprint density at radius 1 is 1.40 bits per heavy atom. The molecular weight excluding hydrogens is 223 g/mol. The molecule has 1 aliphatic rings. The Kier molecular flexibility index (Phi) is 2.58. The topological polar surface area (TPSA) is 3.24 Å². The van der Waals surface area contributed by atoms with Crippen LogP contribution in [0.4, 0.5) is 18.9 Å². The van der Waals surface area contributed by atoms with Crippen molar-refractivity contribution in [3.05, 3.63) is 23.8 Å². The molecular formula is C10H10F3NS. The second-order valence-corrected chi connectivity index (χ2v) is 4.30. The second kappa shape index (κ2) is 3.63. The molecule has 1 aliphatic heterocycles. The maximum Gasteiger partial charge on any atom is 0.416 e. The summed E-state index contributed by atoms with van der Waals surface area (Å²) in [6.07, 6.45) is -4.24. The third-order valence-electron chi connectivity index (χ3n) is 2.39. The smallest absolute Gasteiger partial charge is 0.361 e. The summed E-state index contributed by atoms with van der Waals surface area (Å²) in [6.45, 7) is 2.82. The lowest BCUT2D eigenvalue weighted by atomic mass is 10.2. The molecule has 1 aromatic rings. The molecule has 0 amide bonds. The first-order valence-electron chi connectivity index (χ1n) is 4.61. The van der Waals surface area contributed by atoms with E-state index in [4.69, 9.17) is 0 Å². The Labute approximate surface area is 90.3 Å². The van der Waals surface area contributed by atoms with Crippen molar-refractivity contribution in [2.24, 2.45) is 0 Å². The molecule has 15 heavy (non-hydrogen) atoms. The van der Waals surface area contributed by atoms with Gasteiger partial charge in [0.1, 0.15) is 0 Å². The predicted molar refractivity (Wildman–Crippen MR) is 55.2 cm³/mol. The highest BCUT2D eigenvalue weighted by atomic mass is 32.2. The molecule has 0 N–H and O–H groups in total. The van der Waals surface area contributed by atoms with Gasteiger partial charge in [0.25, 0.3) is 0 Å². The zero-order chi connectivity index (χ0) is 11.1. The molecule has 1 aromatic carbocycles. The Hall–Kier alpha value is -0.840. The summed E-state index contributed by atoms with van der Waals surface area (Å²) in [6, 6.07) is 3.94. The van der Waals surface area contributed by atoms with Crippen LogP contribution in [0, 0.1) is 0 Å². The molecule has 0 atom stereocenters. The van der Waals surface area contributed by atoms with Crippen molar-refractivity contribution in [2.45, 2.75) is 18.0 Å². The van der Waals surface area contributed by atoms with Gasteiger partial charge in [-0.1, -0.05) is 0 Å². The van der Waals surface area contributed by atoms with Crippen molar-refractivity contribution in [1.29, 1.82) is 0 Å². The van der Waals surface area contributed by atoms with Gasteiger partial charge in [0.15, 0.2) is 0 Å². The fourth-order valence-electron chi connectivity index (χ4n) is 1.55. The summed E-state index contributed by atoms with van der Waals surface area (Å²) in [5, 5.41) is 0. The van der Waals surface area contributed by atoms with Crippen LogP contribution in [0.15, 0.2) is 23.1 Å². The lowest BCUT2D eigenvalue weighted by Gasteiger charge is -2.15. The monoisotopic (exact) mass is 233 g/mol. The molecule has 0 unspecified atom stereocenters. The summed E-state index contributed by atoms with van der Waals surface area (Å²) < 4.78 is 37.2. The lowest BCUT2D eigenvalue weighted by molar-refractivity contribution is -0.137.